The molecule has 2 amide bonds. The van der Waals surface area contributed by atoms with Crippen LogP contribution in [0.5, 0.6) is 0 Å². The maximum atomic E-state index is 13.6. The van der Waals surface area contributed by atoms with Crippen LogP contribution >= 0.6 is 0 Å². The quantitative estimate of drug-likeness (QED) is 0.730. The second-order valence-electron chi connectivity index (χ2n) is 8.89. The Morgan fingerprint density at radius 2 is 1.48 bits per heavy atom. The summed E-state index contributed by atoms with van der Waals surface area (Å²) in [6.45, 7) is 2.83. The van der Waals surface area contributed by atoms with E-state index >= 15 is 0 Å². The summed E-state index contributed by atoms with van der Waals surface area (Å²) in [5.41, 5.74) is 0.944. The minimum Gasteiger partial charge on any atom is -0.353 e. The van der Waals surface area contributed by atoms with Crippen molar-refractivity contribution in [2.45, 2.75) is 49.6 Å². The minimum absolute atomic E-state index is 0.0102. The lowest BCUT2D eigenvalue weighted by molar-refractivity contribution is -0.138. The van der Waals surface area contributed by atoms with Crippen molar-refractivity contribution in [1.82, 2.24) is 14.5 Å². The Balaban J connectivity index is 1.54. The Bertz CT molecular complexity index is 1070. The molecular weight excluding hydrogens is 438 g/mol. The monoisotopic (exact) mass is 469 g/mol. The van der Waals surface area contributed by atoms with E-state index in [1.165, 1.54) is 11.2 Å². The molecule has 2 unspecified atom stereocenters. The average molecular weight is 470 g/mol. The molecule has 176 valence electrons. The lowest BCUT2D eigenvalue weighted by atomic mass is 9.89. The number of carbonyl (C=O) groups is 2. The molecule has 2 heterocycles. The molecule has 0 aliphatic carbocycles. The molecule has 2 aromatic rings. The summed E-state index contributed by atoms with van der Waals surface area (Å²) in [6, 6.07) is 17.9. The molecule has 33 heavy (non-hydrogen) atoms. The summed E-state index contributed by atoms with van der Waals surface area (Å²) >= 11 is 0. The van der Waals surface area contributed by atoms with Gasteiger partial charge >= 0.3 is 0 Å². The number of carbonyl (C=O) groups excluding carboxylic acids is 2. The summed E-state index contributed by atoms with van der Waals surface area (Å²) in [4.78, 5) is 26.7. The van der Waals surface area contributed by atoms with Gasteiger partial charge in [0.15, 0.2) is 0 Å². The maximum absolute atomic E-state index is 13.6. The van der Waals surface area contributed by atoms with Gasteiger partial charge in [0.2, 0.25) is 21.8 Å². The number of nitrogens with one attached hydrogen (secondary N) is 1. The second kappa shape index (κ2) is 10.1. The zero-order valence-corrected chi connectivity index (χ0v) is 19.7. The Kier molecular flexibility index (Phi) is 7.14. The fourth-order valence-corrected chi connectivity index (χ4v) is 6.64. The van der Waals surface area contributed by atoms with Crippen LogP contribution < -0.4 is 5.32 Å². The lowest BCUT2D eigenvalue weighted by Crippen LogP contribution is -2.51. The SMILES string of the molecule is CC(=O)NC1CCN(C(=O)C2CCC(c3ccccc3)N(S(=O)(=O)c3ccccc3)C2)CC1. The number of sulfonamides is 1. The van der Waals surface area contributed by atoms with E-state index in [2.05, 4.69) is 5.32 Å². The molecule has 2 atom stereocenters. The van der Waals surface area contributed by atoms with Crippen LogP contribution in [-0.4, -0.2) is 55.1 Å². The van der Waals surface area contributed by atoms with Crippen LogP contribution in [0.25, 0.3) is 0 Å². The molecule has 2 aliphatic heterocycles. The number of likely N-dealkylation sites (tertiary alicyclic amines) is 1. The van der Waals surface area contributed by atoms with E-state index in [1.807, 2.05) is 35.2 Å². The van der Waals surface area contributed by atoms with Gasteiger partial charge in [0.05, 0.1) is 16.9 Å². The van der Waals surface area contributed by atoms with Gasteiger partial charge < -0.3 is 10.2 Å². The molecule has 2 saturated heterocycles. The Labute approximate surface area is 195 Å². The first-order valence-electron chi connectivity index (χ1n) is 11.5. The van der Waals surface area contributed by atoms with Crippen LogP contribution in [0.1, 0.15) is 44.2 Å². The van der Waals surface area contributed by atoms with E-state index in [9.17, 15) is 18.0 Å². The van der Waals surface area contributed by atoms with Gasteiger partial charge in [-0.25, -0.2) is 8.42 Å². The van der Waals surface area contributed by atoms with E-state index in [0.717, 1.165) is 18.4 Å². The smallest absolute Gasteiger partial charge is 0.243 e. The van der Waals surface area contributed by atoms with Crippen molar-refractivity contribution in [3.8, 4) is 0 Å². The number of hydrogen-bond acceptors (Lipinski definition) is 4. The molecule has 0 aromatic heterocycles. The van der Waals surface area contributed by atoms with Gasteiger partial charge in [0.25, 0.3) is 0 Å². The van der Waals surface area contributed by atoms with Crippen LogP contribution in [0.2, 0.25) is 0 Å². The molecule has 0 spiro atoms. The Morgan fingerprint density at radius 3 is 2.09 bits per heavy atom. The third-order valence-electron chi connectivity index (χ3n) is 6.63. The molecule has 0 saturated carbocycles. The number of piperidine rings is 2. The van der Waals surface area contributed by atoms with E-state index in [-0.39, 0.29) is 41.3 Å². The molecule has 8 heteroatoms. The zero-order chi connectivity index (χ0) is 23.4. The summed E-state index contributed by atoms with van der Waals surface area (Å²) in [5.74, 6) is -0.419. The van der Waals surface area contributed by atoms with Gasteiger partial charge in [-0.3, -0.25) is 9.59 Å². The summed E-state index contributed by atoms with van der Waals surface area (Å²) in [5, 5.41) is 2.93. The van der Waals surface area contributed by atoms with Crippen LogP contribution in [0.15, 0.2) is 65.6 Å². The first-order chi connectivity index (χ1) is 15.9. The van der Waals surface area contributed by atoms with Gasteiger partial charge in [-0.2, -0.15) is 4.31 Å². The summed E-state index contributed by atoms with van der Waals surface area (Å²) < 4.78 is 28.8. The van der Waals surface area contributed by atoms with E-state index in [4.69, 9.17) is 0 Å². The highest BCUT2D eigenvalue weighted by molar-refractivity contribution is 7.89. The minimum atomic E-state index is -3.76. The maximum Gasteiger partial charge on any atom is 0.243 e. The van der Waals surface area contributed by atoms with Gasteiger partial charge in [0, 0.05) is 32.6 Å². The molecule has 0 radical (unpaired) electrons. The van der Waals surface area contributed by atoms with Crippen LogP contribution in [0.4, 0.5) is 0 Å². The first kappa shape index (κ1) is 23.4. The number of amides is 2. The van der Waals surface area contributed by atoms with Crippen LogP contribution in [-0.2, 0) is 19.6 Å². The topological polar surface area (TPSA) is 86.8 Å². The highest BCUT2D eigenvalue weighted by atomic mass is 32.2. The molecule has 4 rings (SSSR count). The standard InChI is InChI=1S/C25H31N3O4S/c1-19(29)26-22-14-16-27(17-15-22)25(30)21-12-13-24(20-8-4-2-5-9-20)28(18-21)33(31,32)23-10-6-3-7-11-23/h2-11,21-22,24H,12-18H2,1H3,(H,26,29). The Morgan fingerprint density at radius 1 is 0.879 bits per heavy atom. The second-order valence-corrected chi connectivity index (χ2v) is 10.8. The molecule has 1 N–H and O–H groups in total. The van der Waals surface area contributed by atoms with E-state index < -0.39 is 10.0 Å². The Hall–Kier alpha value is -2.71. The normalized spacial score (nSPS) is 22.6. The fraction of sp³-hybridized carbons (Fsp3) is 0.440. The van der Waals surface area contributed by atoms with E-state index in [1.54, 1.807) is 30.3 Å². The molecule has 2 aliphatic rings. The highest BCUT2D eigenvalue weighted by Crippen LogP contribution is 2.38. The highest BCUT2D eigenvalue weighted by Gasteiger charge is 2.41. The molecule has 2 aromatic carbocycles. The van der Waals surface area contributed by atoms with Gasteiger partial charge in [-0.05, 0) is 43.4 Å². The van der Waals surface area contributed by atoms with Crippen molar-refractivity contribution >= 4 is 21.8 Å². The predicted octanol–water partition coefficient (Wildman–Crippen LogP) is 2.96. The third-order valence-corrected chi connectivity index (χ3v) is 8.52. The molecule has 7 nitrogen and oxygen atoms in total. The fourth-order valence-electron chi connectivity index (χ4n) is 4.93. The number of benzene rings is 2. The third kappa shape index (κ3) is 5.28. The van der Waals surface area contributed by atoms with Gasteiger partial charge in [-0.15, -0.1) is 0 Å². The lowest BCUT2D eigenvalue weighted by Gasteiger charge is -2.41. The van der Waals surface area contributed by atoms with Crippen molar-refractivity contribution in [3.63, 3.8) is 0 Å². The van der Waals surface area contributed by atoms with Gasteiger partial charge in [-0.1, -0.05) is 48.5 Å². The predicted molar refractivity (Wildman–Crippen MR) is 126 cm³/mol. The van der Waals surface area contributed by atoms with Crippen molar-refractivity contribution in [3.05, 3.63) is 66.2 Å². The number of nitrogens with zero attached hydrogens (tertiary/aromatic N) is 2. The van der Waals surface area contributed by atoms with Crippen molar-refractivity contribution in [2.75, 3.05) is 19.6 Å². The van der Waals surface area contributed by atoms with Crippen molar-refractivity contribution in [1.29, 1.82) is 0 Å². The summed E-state index contributed by atoms with van der Waals surface area (Å²) in [6.07, 6.45) is 2.67. The number of rotatable bonds is 5. The van der Waals surface area contributed by atoms with Crippen molar-refractivity contribution in [2.24, 2.45) is 5.92 Å². The van der Waals surface area contributed by atoms with Crippen molar-refractivity contribution < 1.29 is 18.0 Å². The largest absolute Gasteiger partial charge is 0.353 e. The zero-order valence-electron chi connectivity index (χ0n) is 18.9. The summed E-state index contributed by atoms with van der Waals surface area (Å²) in [7, 11) is -3.76. The molecular formula is C25H31N3O4S. The van der Waals surface area contributed by atoms with Crippen LogP contribution in [0, 0.1) is 5.92 Å². The van der Waals surface area contributed by atoms with Crippen LogP contribution in [0.3, 0.4) is 0 Å². The molecule has 0 bridgehead atoms. The number of hydrogen-bond donors (Lipinski definition) is 1. The molecule has 2 fully saturated rings. The van der Waals surface area contributed by atoms with E-state index in [0.29, 0.717) is 25.9 Å². The first-order valence-corrected chi connectivity index (χ1v) is 13.0. The average Bonchev–Trinajstić information content (AvgIpc) is 2.84. The van der Waals surface area contributed by atoms with Gasteiger partial charge in [0.1, 0.15) is 0 Å².